The van der Waals surface area contributed by atoms with Crippen LogP contribution >= 0.6 is 22.7 Å². The number of aryl methyl sites for hydroxylation is 1. The van der Waals surface area contributed by atoms with Crippen LogP contribution in [-0.2, 0) is 6.42 Å². The predicted octanol–water partition coefficient (Wildman–Crippen LogP) is 4.47. The largest absolute Gasteiger partial charge is 0.252 e. The lowest BCUT2D eigenvalue weighted by Crippen LogP contribution is -1.93. The lowest BCUT2D eigenvalue weighted by atomic mass is 10.0. The Morgan fingerprint density at radius 2 is 1.85 bits per heavy atom. The molecular formula is C15H14N3S2. The topological polar surface area (TPSA) is 38.7 Å². The van der Waals surface area contributed by atoms with Gasteiger partial charge in [-0.2, -0.15) is 0 Å². The normalized spacial score (nSPS) is 10.8. The van der Waals surface area contributed by atoms with Crippen LogP contribution in [0.2, 0.25) is 0 Å². The zero-order valence-corrected chi connectivity index (χ0v) is 12.8. The van der Waals surface area contributed by atoms with Gasteiger partial charge in [-0.3, -0.25) is 15.0 Å². The Bertz CT molecular complexity index is 661. The van der Waals surface area contributed by atoms with Crippen LogP contribution in [0.3, 0.4) is 0 Å². The number of aromatic nitrogens is 3. The Morgan fingerprint density at radius 1 is 1.10 bits per heavy atom. The third-order valence-corrected chi connectivity index (χ3v) is 4.65. The summed E-state index contributed by atoms with van der Waals surface area (Å²) in [6.07, 6.45) is 10.3. The van der Waals surface area contributed by atoms with Gasteiger partial charge in [-0.1, -0.05) is 13.3 Å². The highest BCUT2D eigenvalue weighted by molar-refractivity contribution is 7.14. The molecule has 0 N–H and O–H groups in total. The van der Waals surface area contributed by atoms with Crippen molar-refractivity contribution in [1.29, 1.82) is 0 Å². The summed E-state index contributed by atoms with van der Waals surface area (Å²) in [5.74, 6) is 0. The van der Waals surface area contributed by atoms with E-state index in [4.69, 9.17) is 0 Å². The minimum Gasteiger partial charge on any atom is -0.252 e. The molecule has 0 saturated heterocycles. The molecule has 0 saturated carbocycles. The molecule has 0 amide bonds. The smallest absolute Gasteiger partial charge is 0.0990 e. The van der Waals surface area contributed by atoms with Gasteiger partial charge in [-0.15, -0.1) is 22.7 Å². The zero-order chi connectivity index (χ0) is 13.8. The maximum Gasteiger partial charge on any atom is 0.0990 e. The van der Waals surface area contributed by atoms with Crippen molar-refractivity contribution in [3.05, 3.63) is 41.4 Å². The first-order valence-corrected chi connectivity index (χ1v) is 8.33. The SMILES string of the molecule is CCCCc1cc(-c2cncs2)c(-c2cncs2)[c]n1. The molecule has 3 aromatic rings. The van der Waals surface area contributed by atoms with Crippen molar-refractivity contribution in [1.82, 2.24) is 15.0 Å². The lowest BCUT2D eigenvalue weighted by Gasteiger charge is -2.07. The van der Waals surface area contributed by atoms with Gasteiger partial charge in [-0.05, 0) is 18.9 Å². The summed E-state index contributed by atoms with van der Waals surface area (Å²) in [5, 5.41) is 0. The molecule has 3 rings (SSSR count). The van der Waals surface area contributed by atoms with E-state index in [1.807, 2.05) is 23.4 Å². The fraction of sp³-hybridized carbons (Fsp3) is 0.267. The molecule has 0 unspecified atom stereocenters. The number of thiazole rings is 2. The molecule has 3 nitrogen and oxygen atoms in total. The summed E-state index contributed by atoms with van der Waals surface area (Å²) >= 11 is 3.26. The Morgan fingerprint density at radius 3 is 2.50 bits per heavy atom. The minimum atomic E-state index is 1.00. The molecule has 20 heavy (non-hydrogen) atoms. The molecule has 3 aromatic heterocycles. The monoisotopic (exact) mass is 300 g/mol. The second-order valence-corrected chi connectivity index (χ2v) is 6.26. The summed E-state index contributed by atoms with van der Waals surface area (Å²) < 4.78 is 0. The van der Waals surface area contributed by atoms with Gasteiger partial charge in [-0.25, -0.2) is 0 Å². The summed E-state index contributed by atoms with van der Waals surface area (Å²) in [5.41, 5.74) is 6.99. The van der Waals surface area contributed by atoms with Crippen molar-refractivity contribution in [3.63, 3.8) is 0 Å². The van der Waals surface area contributed by atoms with Gasteiger partial charge in [0.05, 0.1) is 27.0 Å². The third kappa shape index (κ3) is 2.78. The van der Waals surface area contributed by atoms with Crippen molar-refractivity contribution < 1.29 is 0 Å². The number of pyridine rings is 1. The zero-order valence-electron chi connectivity index (χ0n) is 11.2. The van der Waals surface area contributed by atoms with E-state index in [0.717, 1.165) is 39.4 Å². The quantitative estimate of drug-likeness (QED) is 0.697. The molecular weight excluding hydrogens is 286 g/mol. The van der Waals surface area contributed by atoms with Gasteiger partial charge in [0.25, 0.3) is 0 Å². The second-order valence-electron chi connectivity index (χ2n) is 4.48. The third-order valence-electron chi connectivity index (χ3n) is 3.05. The number of nitrogens with zero attached hydrogens (tertiary/aromatic N) is 3. The Balaban J connectivity index is 2.06. The first-order chi connectivity index (χ1) is 9.88. The minimum absolute atomic E-state index is 1.00. The summed E-state index contributed by atoms with van der Waals surface area (Å²) in [6, 6.07) is 2.18. The van der Waals surface area contributed by atoms with Crippen LogP contribution in [-0.4, -0.2) is 15.0 Å². The van der Waals surface area contributed by atoms with Crippen molar-refractivity contribution in [2.45, 2.75) is 26.2 Å². The highest BCUT2D eigenvalue weighted by Crippen LogP contribution is 2.35. The van der Waals surface area contributed by atoms with Gasteiger partial charge in [0.1, 0.15) is 0 Å². The van der Waals surface area contributed by atoms with E-state index >= 15 is 0 Å². The number of hydrogen-bond donors (Lipinski definition) is 0. The molecule has 0 aromatic carbocycles. The average molecular weight is 300 g/mol. The highest BCUT2D eigenvalue weighted by Gasteiger charge is 2.12. The summed E-state index contributed by atoms with van der Waals surface area (Å²) in [7, 11) is 0. The van der Waals surface area contributed by atoms with Crippen molar-refractivity contribution >= 4 is 22.7 Å². The molecule has 3 heterocycles. The number of hydrogen-bond acceptors (Lipinski definition) is 5. The van der Waals surface area contributed by atoms with Crippen LogP contribution in [0, 0.1) is 6.20 Å². The number of rotatable bonds is 5. The highest BCUT2D eigenvalue weighted by atomic mass is 32.1. The maximum absolute atomic E-state index is 4.48. The van der Waals surface area contributed by atoms with Gasteiger partial charge in [0.15, 0.2) is 0 Å². The molecule has 0 aliphatic heterocycles. The predicted molar refractivity (Wildman–Crippen MR) is 83.9 cm³/mol. The van der Waals surface area contributed by atoms with Crippen LogP contribution in [0.25, 0.3) is 20.9 Å². The van der Waals surface area contributed by atoms with E-state index < -0.39 is 0 Å². The van der Waals surface area contributed by atoms with Crippen molar-refractivity contribution in [2.24, 2.45) is 0 Å². The fourth-order valence-corrected chi connectivity index (χ4v) is 3.29. The van der Waals surface area contributed by atoms with E-state index in [-0.39, 0.29) is 0 Å². The molecule has 0 aliphatic rings. The molecule has 0 bridgehead atoms. The van der Waals surface area contributed by atoms with E-state index in [1.54, 1.807) is 22.7 Å². The molecule has 0 spiro atoms. The average Bonchev–Trinajstić information content (AvgIpc) is 3.17. The van der Waals surface area contributed by atoms with Gasteiger partial charge in [0.2, 0.25) is 0 Å². The molecule has 5 heteroatoms. The molecule has 0 fully saturated rings. The fourth-order valence-electron chi connectivity index (χ4n) is 2.02. The van der Waals surface area contributed by atoms with E-state index in [1.165, 1.54) is 6.42 Å². The Kier molecular flexibility index (Phi) is 4.18. The van der Waals surface area contributed by atoms with Crippen LogP contribution in [0.5, 0.6) is 0 Å². The standard InChI is InChI=1S/C15H14N3S2/c1-2-3-4-11-5-12(14-7-16-9-19-14)13(6-18-11)15-8-17-10-20-15/h5,7-10H,2-4H2,1H3. The van der Waals surface area contributed by atoms with Gasteiger partial charge < -0.3 is 0 Å². The van der Waals surface area contributed by atoms with E-state index in [9.17, 15) is 0 Å². The van der Waals surface area contributed by atoms with Crippen molar-refractivity contribution in [2.75, 3.05) is 0 Å². The lowest BCUT2D eigenvalue weighted by molar-refractivity contribution is 0.777. The number of unbranched alkanes of at least 4 members (excludes halogenated alkanes) is 1. The first kappa shape index (κ1) is 13.4. The van der Waals surface area contributed by atoms with Crippen LogP contribution in [0.4, 0.5) is 0 Å². The van der Waals surface area contributed by atoms with Crippen molar-refractivity contribution in [3.8, 4) is 20.9 Å². The Labute approximate surface area is 126 Å². The molecule has 0 aliphatic carbocycles. The second kappa shape index (κ2) is 6.24. The van der Waals surface area contributed by atoms with Crippen LogP contribution in [0.15, 0.2) is 29.5 Å². The Hall–Kier alpha value is -1.59. The van der Waals surface area contributed by atoms with E-state index in [0.29, 0.717) is 0 Å². The summed E-state index contributed by atoms with van der Waals surface area (Å²) in [4.78, 5) is 15.1. The van der Waals surface area contributed by atoms with Crippen LogP contribution < -0.4 is 0 Å². The molecule has 101 valence electrons. The van der Waals surface area contributed by atoms with Crippen LogP contribution in [0.1, 0.15) is 25.5 Å². The first-order valence-electron chi connectivity index (χ1n) is 6.58. The van der Waals surface area contributed by atoms with Gasteiger partial charge in [0, 0.05) is 29.2 Å². The summed E-state index contributed by atoms with van der Waals surface area (Å²) in [6.45, 7) is 2.19. The maximum atomic E-state index is 4.48. The molecule has 1 radical (unpaired) electrons. The van der Waals surface area contributed by atoms with E-state index in [2.05, 4.69) is 34.1 Å². The molecule has 0 atom stereocenters. The van der Waals surface area contributed by atoms with Gasteiger partial charge >= 0.3 is 0 Å².